The van der Waals surface area contributed by atoms with Crippen LogP contribution in [0.5, 0.6) is 5.75 Å². The SMILES string of the molecule is Cc1c(-c2noc(-c3ccc(OC(C)C)c(Cl)c3)n2)ccc2c1CCNC2OC(=O)C(F)(F)F. The van der Waals surface area contributed by atoms with Gasteiger partial charge in [-0.3, -0.25) is 5.32 Å². The lowest BCUT2D eigenvalue weighted by Crippen LogP contribution is -2.37. The van der Waals surface area contributed by atoms with Crippen molar-refractivity contribution in [3.8, 4) is 28.6 Å². The minimum Gasteiger partial charge on any atom is -0.489 e. The van der Waals surface area contributed by atoms with Crippen molar-refractivity contribution < 1.29 is 32.0 Å². The number of carbonyl (C=O) groups is 1. The fourth-order valence-electron chi connectivity index (χ4n) is 3.75. The van der Waals surface area contributed by atoms with E-state index in [1.807, 2.05) is 20.8 Å². The van der Waals surface area contributed by atoms with Crippen LogP contribution in [-0.4, -0.2) is 34.9 Å². The van der Waals surface area contributed by atoms with Gasteiger partial charge >= 0.3 is 12.1 Å². The summed E-state index contributed by atoms with van der Waals surface area (Å²) < 4.78 is 53.6. The molecular weight excluding hydrogens is 475 g/mol. The average Bonchev–Trinajstić information content (AvgIpc) is 3.25. The van der Waals surface area contributed by atoms with Crippen LogP contribution < -0.4 is 10.1 Å². The van der Waals surface area contributed by atoms with Crippen molar-refractivity contribution in [2.75, 3.05) is 6.54 Å². The summed E-state index contributed by atoms with van der Waals surface area (Å²) in [6.07, 6.45) is -5.76. The van der Waals surface area contributed by atoms with Crippen molar-refractivity contribution in [2.24, 2.45) is 0 Å². The molecule has 0 saturated heterocycles. The van der Waals surface area contributed by atoms with Crippen molar-refractivity contribution in [1.29, 1.82) is 0 Å². The Bertz CT molecular complexity index is 1230. The van der Waals surface area contributed by atoms with Crippen molar-refractivity contribution in [2.45, 2.75) is 45.7 Å². The number of nitrogens with one attached hydrogen (secondary N) is 1. The van der Waals surface area contributed by atoms with Gasteiger partial charge in [0.25, 0.3) is 5.89 Å². The third-order valence-electron chi connectivity index (χ3n) is 5.29. The quantitative estimate of drug-likeness (QED) is 0.474. The summed E-state index contributed by atoms with van der Waals surface area (Å²) in [4.78, 5) is 15.8. The van der Waals surface area contributed by atoms with Crippen molar-refractivity contribution in [1.82, 2.24) is 15.5 Å². The molecule has 0 amide bonds. The number of esters is 1. The fraction of sp³-hybridized carbons (Fsp3) is 0.348. The number of nitrogens with zero attached hydrogens (tertiary/aromatic N) is 2. The van der Waals surface area contributed by atoms with Gasteiger partial charge in [0.1, 0.15) is 5.75 Å². The molecule has 1 unspecified atom stereocenters. The standard InChI is InChI=1S/C23H21ClF3N3O4/c1-11(2)32-18-7-4-13(10-17(18)24)20-29-19(30-34-20)15-5-6-16-14(12(15)3)8-9-28-21(16)33-22(31)23(25,26)27/h4-7,10-11,21,28H,8-9H2,1-3H3. The van der Waals surface area contributed by atoms with E-state index < -0.39 is 18.4 Å². The number of aromatic nitrogens is 2. The summed E-state index contributed by atoms with van der Waals surface area (Å²) in [6.45, 7) is 5.95. The van der Waals surface area contributed by atoms with Gasteiger partial charge in [0.15, 0.2) is 6.23 Å². The lowest BCUT2D eigenvalue weighted by Gasteiger charge is -2.28. The molecule has 3 aromatic rings. The summed E-state index contributed by atoms with van der Waals surface area (Å²) in [5, 5.41) is 7.26. The Kier molecular flexibility index (Phi) is 6.55. The molecular formula is C23H21ClF3N3O4. The van der Waals surface area contributed by atoms with Gasteiger partial charge in [-0.25, -0.2) is 4.79 Å². The van der Waals surface area contributed by atoms with Gasteiger partial charge in [0, 0.05) is 23.2 Å². The number of hydrogen-bond donors (Lipinski definition) is 1. The second-order valence-electron chi connectivity index (χ2n) is 8.03. The minimum atomic E-state index is -5.07. The number of benzene rings is 2. The molecule has 0 bridgehead atoms. The summed E-state index contributed by atoms with van der Waals surface area (Å²) in [5.74, 6) is -1.13. The average molecular weight is 496 g/mol. The Labute approximate surface area is 198 Å². The van der Waals surface area contributed by atoms with Crippen LogP contribution in [0.15, 0.2) is 34.9 Å². The van der Waals surface area contributed by atoms with Gasteiger partial charge in [0.05, 0.1) is 11.1 Å². The van der Waals surface area contributed by atoms with E-state index in [-0.39, 0.29) is 12.0 Å². The maximum atomic E-state index is 12.6. The summed E-state index contributed by atoms with van der Waals surface area (Å²) in [7, 11) is 0. The normalized spacial score (nSPS) is 15.8. The smallest absolute Gasteiger partial charge is 0.489 e. The molecule has 1 aromatic heterocycles. The van der Waals surface area contributed by atoms with E-state index in [0.717, 1.165) is 11.1 Å². The molecule has 2 aromatic carbocycles. The van der Waals surface area contributed by atoms with Crippen LogP contribution in [0.2, 0.25) is 5.02 Å². The van der Waals surface area contributed by atoms with Gasteiger partial charge in [-0.15, -0.1) is 0 Å². The molecule has 180 valence electrons. The van der Waals surface area contributed by atoms with Gasteiger partial charge in [0.2, 0.25) is 5.82 Å². The number of alkyl halides is 3. The second-order valence-corrected chi connectivity index (χ2v) is 8.44. The second kappa shape index (κ2) is 9.27. The Morgan fingerprint density at radius 3 is 2.71 bits per heavy atom. The molecule has 2 heterocycles. The Hall–Kier alpha value is -3.11. The summed E-state index contributed by atoms with van der Waals surface area (Å²) in [6, 6.07) is 8.41. The molecule has 0 saturated carbocycles. The van der Waals surface area contributed by atoms with Gasteiger partial charge in [-0.1, -0.05) is 28.9 Å². The first-order valence-corrected chi connectivity index (χ1v) is 10.9. The highest BCUT2D eigenvalue weighted by Crippen LogP contribution is 2.35. The predicted octanol–water partition coefficient (Wildman–Crippen LogP) is 5.40. The number of rotatable bonds is 5. The Morgan fingerprint density at radius 2 is 2.03 bits per heavy atom. The third-order valence-corrected chi connectivity index (χ3v) is 5.58. The highest BCUT2D eigenvalue weighted by atomic mass is 35.5. The summed E-state index contributed by atoms with van der Waals surface area (Å²) >= 11 is 6.30. The molecule has 0 radical (unpaired) electrons. The number of carbonyl (C=O) groups excluding carboxylic acids is 1. The van der Waals surface area contributed by atoms with Crippen molar-refractivity contribution in [3.05, 3.63) is 52.0 Å². The van der Waals surface area contributed by atoms with E-state index in [4.69, 9.17) is 20.9 Å². The monoisotopic (exact) mass is 495 g/mol. The van der Waals surface area contributed by atoms with E-state index in [9.17, 15) is 18.0 Å². The highest BCUT2D eigenvalue weighted by molar-refractivity contribution is 6.32. The van der Waals surface area contributed by atoms with Crippen LogP contribution in [0, 0.1) is 6.92 Å². The Balaban J connectivity index is 1.61. The number of halogens is 4. The first kappa shape index (κ1) is 24.0. The molecule has 34 heavy (non-hydrogen) atoms. The first-order chi connectivity index (χ1) is 16.0. The lowest BCUT2D eigenvalue weighted by molar-refractivity contribution is -0.207. The predicted molar refractivity (Wildman–Crippen MR) is 117 cm³/mol. The molecule has 7 nitrogen and oxygen atoms in total. The molecule has 4 rings (SSSR count). The zero-order valence-electron chi connectivity index (χ0n) is 18.5. The highest BCUT2D eigenvalue weighted by Gasteiger charge is 2.43. The number of fused-ring (bicyclic) bond motifs is 1. The molecule has 1 aliphatic rings. The molecule has 1 atom stereocenters. The Morgan fingerprint density at radius 1 is 1.26 bits per heavy atom. The molecule has 1 N–H and O–H groups in total. The van der Waals surface area contributed by atoms with E-state index in [0.29, 0.717) is 46.3 Å². The van der Waals surface area contributed by atoms with Crippen LogP contribution in [0.4, 0.5) is 13.2 Å². The topological polar surface area (TPSA) is 86.5 Å². The van der Waals surface area contributed by atoms with E-state index in [1.165, 1.54) is 0 Å². The lowest BCUT2D eigenvalue weighted by atomic mass is 9.91. The maximum Gasteiger partial charge on any atom is 0.490 e. The van der Waals surface area contributed by atoms with Crippen molar-refractivity contribution in [3.63, 3.8) is 0 Å². The van der Waals surface area contributed by atoms with Gasteiger partial charge < -0.3 is 14.0 Å². The van der Waals surface area contributed by atoms with E-state index >= 15 is 0 Å². The number of ether oxygens (including phenoxy) is 2. The fourth-order valence-corrected chi connectivity index (χ4v) is 3.97. The van der Waals surface area contributed by atoms with Gasteiger partial charge in [-0.05, 0) is 56.5 Å². The molecule has 1 aliphatic heterocycles. The first-order valence-electron chi connectivity index (χ1n) is 10.5. The zero-order valence-corrected chi connectivity index (χ0v) is 19.3. The van der Waals surface area contributed by atoms with E-state index in [2.05, 4.69) is 20.2 Å². The van der Waals surface area contributed by atoms with Crippen LogP contribution in [0.1, 0.15) is 36.8 Å². The molecule has 0 aliphatic carbocycles. The third kappa shape index (κ3) is 4.88. The molecule has 0 fully saturated rings. The van der Waals surface area contributed by atoms with E-state index in [1.54, 1.807) is 30.3 Å². The maximum absolute atomic E-state index is 12.6. The van der Waals surface area contributed by atoms with Gasteiger partial charge in [-0.2, -0.15) is 18.2 Å². The minimum absolute atomic E-state index is 0.0304. The van der Waals surface area contributed by atoms with Crippen LogP contribution >= 0.6 is 11.6 Å². The molecule has 0 spiro atoms. The van der Waals surface area contributed by atoms with Crippen LogP contribution in [-0.2, 0) is 16.0 Å². The van der Waals surface area contributed by atoms with Crippen molar-refractivity contribution >= 4 is 17.6 Å². The largest absolute Gasteiger partial charge is 0.490 e. The zero-order chi connectivity index (χ0) is 24.6. The molecule has 11 heteroatoms. The van der Waals surface area contributed by atoms with Crippen LogP contribution in [0.25, 0.3) is 22.8 Å². The number of hydrogen-bond acceptors (Lipinski definition) is 7. The van der Waals surface area contributed by atoms with Crippen LogP contribution in [0.3, 0.4) is 0 Å². The summed E-state index contributed by atoms with van der Waals surface area (Å²) in [5.41, 5.74) is 3.25.